The van der Waals surface area contributed by atoms with Gasteiger partial charge in [-0.05, 0) is 36.6 Å². The minimum absolute atomic E-state index is 0.141. The number of benzene rings is 3. The second kappa shape index (κ2) is 8.74. The summed E-state index contributed by atoms with van der Waals surface area (Å²) in [4.78, 5) is 39.2. The van der Waals surface area contributed by atoms with Gasteiger partial charge in [-0.1, -0.05) is 72.3 Å². The zero-order valence-corrected chi connectivity index (χ0v) is 17.3. The van der Waals surface area contributed by atoms with E-state index in [-0.39, 0.29) is 5.78 Å². The number of likely N-dealkylation sites (tertiary alicyclic amines) is 1. The highest BCUT2D eigenvalue weighted by Crippen LogP contribution is 2.40. The van der Waals surface area contributed by atoms with E-state index in [1.807, 2.05) is 18.2 Å². The summed E-state index contributed by atoms with van der Waals surface area (Å²) in [7, 11) is 0. The Labute approximate surface area is 184 Å². The average molecular weight is 434 g/mol. The first-order valence-corrected chi connectivity index (χ1v) is 10.3. The Kier molecular flexibility index (Phi) is 5.87. The van der Waals surface area contributed by atoms with Crippen LogP contribution >= 0.6 is 11.6 Å². The van der Waals surface area contributed by atoms with E-state index < -0.39 is 24.0 Å². The Morgan fingerprint density at radius 2 is 1.35 bits per heavy atom. The molecule has 1 heterocycles. The predicted molar refractivity (Wildman–Crippen MR) is 117 cm³/mol. The Morgan fingerprint density at radius 3 is 2.00 bits per heavy atom. The van der Waals surface area contributed by atoms with Crippen molar-refractivity contribution in [1.82, 2.24) is 4.90 Å². The lowest BCUT2D eigenvalue weighted by atomic mass is 10.0. The second-order valence-corrected chi connectivity index (χ2v) is 7.86. The molecule has 3 aromatic rings. The summed E-state index contributed by atoms with van der Waals surface area (Å²) in [6.45, 7) is 0. The molecular formula is C25H20ClNO4. The molecule has 6 heteroatoms. The van der Waals surface area contributed by atoms with Crippen LogP contribution in [0.4, 0.5) is 0 Å². The summed E-state index contributed by atoms with van der Waals surface area (Å²) < 4.78 is 0. The van der Waals surface area contributed by atoms with E-state index in [0.717, 1.165) is 5.56 Å². The standard InChI is InChI=1S/C25H20ClNO4/c26-20-9-5-4-8-19(20)21-14-15-22(25(30)31)27(21)24(29)18-12-10-17(11-13-18)23(28)16-6-2-1-3-7-16/h1-13,21-22H,14-15H2,(H,30,31). The quantitative estimate of drug-likeness (QED) is 0.574. The summed E-state index contributed by atoms with van der Waals surface area (Å²) >= 11 is 6.34. The molecule has 1 saturated heterocycles. The molecule has 0 spiro atoms. The fraction of sp³-hybridized carbons (Fsp3) is 0.160. The molecule has 156 valence electrons. The summed E-state index contributed by atoms with van der Waals surface area (Å²) in [5, 5.41) is 10.2. The molecule has 0 saturated carbocycles. The minimum atomic E-state index is -1.04. The number of hydrogen-bond donors (Lipinski definition) is 1. The molecule has 5 nitrogen and oxygen atoms in total. The number of carbonyl (C=O) groups is 3. The van der Waals surface area contributed by atoms with Crippen molar-refractivity contribution in [3.05, 3.63) is 106 Å². The SMILES string of the molecule is O=C(c1ccccc1)c1ccc(C(=O)N2C(C(=O)O)CCC2c2ccccc2Cl)cc1. The highest BCUT2D eigenvalue weighted by molar-refractivity contribution is 6.31. The zero-order chi connectivity index (χ0) is 22.0. The summed E-state index contributed by atoms with van der Waals surface area (Å²) in [5.41, 5.74) is 2.08. The molecule has 0 bridgehead atoms. The first-order chi connectivity index (χ1) is 15.0. The number of amides is 1. The molecule has 3 aromatic carbocycles. The van der Waals surface area contributed by atoms with E-state index in [1.54, 1.807) is 60.7 Å². The molecule has 0 aliphatic carbocycles. The third kappa shape index (κ3) is 4.09. The van der Waals surface area contributed by atoms with Crippen LogP contribution in [-0.2, 0) is 4.79 Å². The summed E-state index contributed by atoms with van der Waals surface area (Å²) in [5.74, 6) is -1.58. The van der Waals surface area contributed by atoms with Gasteiger partial charge in [-0.25, -0.2) is 4.79 Å². The number of hydrogen-bond acceptors (Lipinski definition) is 3. The number of carboxylic acid groups (broad SMARTS) is 1. The van der Waals surface area contributed by atoms with Crippen LogP contribution in [0.3, 0.4) is 0 Å². The number of nitrogens with zero attached hydrogens (tertiary/aromatic N) is 1. The number of rotatable bonds is 5. The van der Waals surface area contributed by atoms with Crippen LogP contribution in [0.5, 0.6) is 0 Å². The van der Waals surface area contributed by atoms with E-state index >= 15 is 0 Å². The first-order valence-electron chi connectivity index (χ1n) is 9.97. The largest absolute Gasteiger partial charge is 0.480 e. The van der Waals surface area contributed by atoms with Gasteiger partial charge >= 0.3 is 5.97 Å². The van der Waals surface area contributed by atoms with E-state index in [4.69, 9.17) is 11.6 Å². The molecule has 2 atom stereocenters. The fourth-order valence-electron chi connectivity index (χ4n) is 4.06. The van der Waals surface area contributed by atoms with Gasteiger partial charge < -0.3 is 10.0 Å². The number of carboxylic acids is 1. The van der Waals surface area contributed by atoms with Crippen molar-refractivity contribution >= 4 is 29.3 Å². The molecule has 1 aliphatic rings. The van der Waals surface area contributed by atoms with Crippen LogP contribution in [0.25, 0.3) is 0 Å². The van der Waals surface area contributed by atoms with Crippen LogP contribution in [-0.4, -0.2) is 33.7 Å². The van der Waals surface area contributed by atoms with E-state index in [9.17, 15) is 19.5 Å². The summed E-state index contributed by atoms with van der Waals surface area (Å²) in [6, 6.07) is 21.0. The minimum Gasteiger partial charge on any atom is -0.480 e. The van der Waals surface area contributed by atoms with Gasteiger partial charge in [0, 0.05) is 21.7 Å². The van der Waals surface area contributed by atoms with Crippen LogP contribution in [0.2, 0.25) is 5.02 Å². The smallest absolute Gasteiger partial charge is 0.326 e. The van der Waals surface area contributed by atoms with Crippen LogP contribution in [0, 0.1) is 0 Å². The van der Waals surface area contributed by atoms with Gasteiger partial charge in [-0.3, -0.25) is 9.59 Å². The normalized spacial score (nSPS) is 18.0. The van der Waals surface area contributed by atoms with Gasteiger partial charge in [-0.2, -0.15) is 0 Å². The number of halogens is 1. The molecule has 1 fully saturated rings. The highest BCUT2D eigenvalue weighted by atomic mass is 35.5. The van der Waals surface area contributed by atoms with E-state index in [1.165, 1.54) is 4.90 Å². The fourth-order valence-corrected chi connectivity index (χ4v) is 4.32. The van der Waals surface area contributed by atoms with Crippen molar-refractivity contribution < 1.29 is 19.5 Å². The van der Waals surface area contributed by atoms with E-state index in [0.29, 0.717) is 34.6 Å². The Bertz CT molecular complexity index is 1130. The van der Waals surface area contributed by atoms with E-state index in [2.05, 4.69) is 0 Å². The maximum Gasteiger partial charge on any atom is 0.326 e. The Morgan fingerprint density at radius 1 is 0.774 bits per heavy atom. The summed E-state index contributed by atoms with van der Waals surface area (Å²) in [6.07, 6.45) is 0.860. The maximum atomic E-state index is 13.3. The molecule has 1 N–H and O–H groups in total. The van der Waals surface area contributed by atoms with Crippen LogP contribution in [0.1, 0.15) is 50.7 Å². The van der Waals surface area contributed by atoms with Crippen molar-refractivity contribution in [2.75, 3.05) is 0 Å². The average Bonchev–Trinajstić information content (AvgIpc) is 3.24. The molecule has 4 rings (SSSR count). The number of ketones is 1. The Hall–Kier alpha value is -3.44. The molecule has 0 aromatic heterocycles. The molecular weight excluding hydrogens is 414 g/mol. The third-order valence-corrected chi connectivity index (χ3v) is 5.94. The molecule has 2 unspecified atom stereocenters. The van der Waals surface area contributed by atoms with Crippen LogP contribution in [0.15, 0.2) is 78.9 Å². The maximum absolute atomic E-state index is 13.3. The van der Waals surface area contributed by atoms with Gasteiger partial charge in [0.1, 0.15) is 6.04 Å². The van der Waals surface area contributed by atoms with Crippen molar-refractivity contribution in [1.29, 1.82) is 0 Å². The zero-order valence-electron chi connectivity index (χ0n) is 16.6. The van der Waals surface area contributed by atoms with Crippen molar-refractivity contribution in [3.63, 3.8) is 0 Å². The second-order valence-electron chi connectivity index (χ2n) is 7.45. The van der Waals surface area contributed by atoms with Gasteiger partial charge in [0.25, 0.3) is 5.91 Å². The first kappa shape index (κ1) is 20.8. The van der Waals surface area contributed by atoms with Gasteiger partial charge in [0.2, 0.25) is 0 Å². The van der Waals surface area contributed by atoms with Gasteiger partial charge in [0.05, 0.1) is 6.04 Å². The lowest BCUT2D eigenvalue weighted by Crippen LogP contribution is -2.41. The van der Waals surface area contributed by atoms with Crippen LogP contribution < -0.4 is 0 Å². The topological polar surface area (TPSA) is 74.7 Å². The van der Waals surface area contributed by atoms with Crippen molar-refractivity contribution in [3.8, 4) is 0 Å². The lowest BCUT2D eigenvalue weighted by Gasteiger charge is -2.29. The number of aliphatic carboxylic acids is 1. The van der Waals surface area contributed by atoms with Crippen molar-refractivity contribution in [2.24, 2.45) is 0 Å². The highest BCUT2D eigenvalue weighted by Gasteiger charge is 2.42. The van der Waals surface area contributed by atoms with Gasteiger partial charge in [-0.15, -0.1) is 0 Å². The number of carbonyl (C=O) groups excluding carboxylic acids is 2. The monoisotopic (exact) mass is 433 g/mol. The molecule has 0 radical (unpaired) electrons. The van der Waals surface area contributed by atoms with Crippen molar-refractivity contribution in [2.45, 2.75) is 24.9 Å². The molecule has 1 amide bonds. The lowest BCUT2D eigenvalue weighted by molar-refractivity contribution is -0.141. The Balaban J connectivity index is 1.63. The molecule has 31 heavy (non-hydrogen) atoms. The predicted octanol–water partition coefficient (Wildman–Crippen LogP) is 5.00. The third-order valence-electron chi connectivity index (χ3n) is 5.60. The van der Waals surface area contributed by atoms with Gasteiger partial charge in [0.15, 0.2) is 5.78 Å². The molecule has 1 aliphatic heterocycles.